The first-order chi connectivity index (χ1) is 14.4. The molecule has 164 valence electrons. The van der Waals surface area contributed by atoms with Crippen molar-refractivity contribution in [2.24, 2.45) is 5.92 Å². The van der Waals surface area contributed by atoms with Crippen molar-refractivity contribution in [3.05, 3.63) is 28.8 Å². The molecule has 0 aromatic heterocycles. The van der Waals surface area contributed by atoms with Gasteiger partial charge in [-0.25, -0.2) is 13.7 Å². The summed E-state index contributed by atoms with van der Waals surface area (Å²) in [5, 5.41) is 2.89. The maximum atomic E-state index is 12.6. The highest BCUT2D eigenvalue weighted by Gasteiger charge is 2.45. The molecule has 3 amide bonds. The van der Waals surface area contributed by atoms with E-state index >= 15 is 0 Å². The van der Waals surface area contributed by atoms with E-state index in [0.29, 0.717) is 35.6 Å². The van der Waals surface area contributed by atoms with Gasteiger partial charge in [-0.15, -0.1) is 0 Å². The number of carbonyl (C=O) groups is 2. The Kier molecular flexibility index (Phi) is 6.65. The average molecular weight is 454 g/mol. The zero-order valence-corrected chi connectivity index (χ0v) is 18.5. The van der Waals surface area contributed by atoms with Crippen molar-refractivity contribution in [3.8, 4) is 5.75 Å². The minimum Gasteiger partial charge on any atom is -0.492 e. The van der Waals surface area contributed by atoms with Crippen LogP contribution in [-0.4, -0.2) is 46.5 Å². The number of amides is 3. The van der Waals surface area contributed by atoms with Crippen LogP contribution in [0.15, 0.2) is 18.2 Å². The van der Waals surface area contributed by atoms with Gasteiger partial charge < -0.3 is 9.64 Å². The summed E-state index contributed by atoms with van der Waals surface area (Å²) < 4.78 is 21.8. The van der Waals surface area contributed by atoms with E-state index in [1.54, 1.807) is 0 Å². The van der Waals surface area contributed by atoms with E-state index in [2.05, 4.69) is 10.0 Å². The molecule has 4 rings (SSSR count). The van der Waals surface area contributed by atoms with Gasteiger partial charge >= 0.3 is 6.03 Å². The van der Waals surface area contributed by atoms with Gasteiger partial charge in [-0.3, -0.25) is 10.1 Å². The number of hydrogen-bond acceptors (Lipinski definition) is 4. The van der Waals surface area contributed by atoms with Crippen LogP contribution >= 0.6 is 11.6 Å². The normalized spacial score (nSPS) is 20.9. The molecule has 1 atom stereocenters. The first kappa shape index (κ1) is 21.6. The Morgan fingerprint density at radius 1 is 1.23 bits per heavy atom. The molecule has 1 saturated heterocycles. The van der Waals surface area contributed by atoms with E-state index in [9.17, 15) is 13.8 Å². The fourth-order valence-electron chi connectivity index (χ4n) is 3.62. The van der Waals surface area contributed by atoms with E-state index in [4.69, 9.17) is 16.3 Å². The molecular weight excluding hydrogens is 426 g/mol. The number of rotatable bonds is 12. The molecule has 3 fully saturated rings. The molecule has 0 spiro atoms. The smallest absolute Gasteiger partial charge is 0.324 e. The summed E-state index contributed by atoms with van der Waals surface area (Å²) in [5.41, 5.74) is 0.831. The number of halogens is 1. The van der Waals surface area contributed by atoms with E-state index in [1.807, 2.05) is 18.2 Å². The topological polar surface area (TPSA) is 87.7 Å². The van der Waals surface area contributed by atoms with Gasteiger partial charge in [-0.2, -0.15) is 0 Å². The Labute approximate surface area is 184 Å². The molecule has 3 aliphatic rings. The van der Waals surface area contributed by atoms with Gasteiger partial charge in [0.2, 0.25) is 5.91 Å². The third-order valence-corrected chi connectivity index (χ3v) is 7.43. The molecule has 9 heteroatoms. The Hall–Kier alpha value is -1.64. The van der Waals surface area contributed by atoms with Gasteiger partial charge in [0.25, 0.3) is 0 Å². The van der Waals surface area contributed by atoms with Crippen molar-refractivity contribution in [2.45, 2.75) is 50.5 Å². The lowest BCUT2D eigenvalue weighted by molar-refractivity contribution is -0.118. The summed E-state index contributed by atoms with van der Waals surface area (Å²) >= 11 is 6.29. The maximum Gasteiger partial charge on any atom is 0.324 e. The minimum absolute atomic E-state index is 0.141. The first-order valence-corrected chi connectivity index (χ1v) is 12.3. The molecule has 0 bridgehead atoms. The van der Waals surface area contributed by atoms with Crippen molar-refractivity contribution in [2.75, 3.05) is 25.4 Å². The van der Waals surface area contributed by atoms with Crippen LogP contribution in [0, 0.1) is 5.92 Å². The van der Waals surface area contributed by atoms with E-state index < -0.39 is 11.0 Å². The third-order valence-electron chi connectivity index (χ3n) is 5.84. The predicted octanol–water partition coefficient (Wildman–Crippen LogP) is 3.09. The molecular formula is C21H28ClN3O4S. The summed E-state index contributed by atoms with van der Waals surface area (Å²) in [7, 11) is -1.13. The first-order valence-electron chi connectivity index (χ1n) is 10.6. The minimum atomic E-state index is -1.13. The standard InChI is InChI=1S/C21H28ClN3O4S/c22-17-7-6-16(12-18(17)29-14-15-4-5-15)21(8-9-21)24-30(28)11-3-1-2-10-25-13-19(26)23-20(25)27/h6-7,12,15,24H,1-5,8-11,13-14H2,(H,23,26,27). The van der Waals surface area contributed by atoms with Crippen LogP contribution in [0.5, 0.6) is 5.75 Å². The highest BCUT2D eigenvalue weighted by Crippen LogP contribution is 2.47. The monoisotopic (exact) mass is 453 g/mol. The second kappa shape index (κ2) is 9.24. The van der Waals surface area contributed by atoms with Crippen molar-refractivity contribution in [3.63, 3.8) is 0 Å². The van der Waals surface area contributed by atoms with E-state index in [0.717, 1.165) is 37.7 Å². The Bertz CT molecular complexity index is 842. The molecule has 1 unspecified atom stereocenters. The predicted molar refractivity (Wildman–Crippen MR) is 116 cm³/mol. The van der Waals surface area contributed by atoms with Gasteiger partial charge in [0.05, 0.1) is 28.2 Å². The van der Waals surface area contributed by atoms with Crippen LogP contribution in [0.4, 0.5) is 4.79 Å². The summed E-state index contributed by atoms with van der Waals surface area (Å²) in [6.45, 7) is 1.40. The highest BCUT2D eigenvalue weighted by atomic mass is 35.5. The molecule has 30 heavy (non-hydrogen) atoms. The Morgan fingerprint density at radius 3 is 2.70 bits per heavy atom. The number of carbonyl (C=O) groups excluding carboxylic acids is 2. The lowest BCUT2D eigenvalue weighted by Gasteiger charge is -2.19. The third kappa shape index (κ3) is 5.53. The summed E-state index contributed by atoms with van der Waals surface area (Å²) in [6, 6.07) is 5.53. The highest BCUT2D eigenvalue weighted by molar-refractivity contribution is 7.83. The van der Waals surface area contributed by atoms with Crippen LogP contribution in [0.3, 0.4) is 0 Å². The second-order valence-electron chi connectivity index (χ2n) is 8.47. The largest absolute Gasteiger partial charge is 0.492 e. The number of benzene rings is 1. The van der Waals surface area contributed by atoms with Crippen molar-refractivity contribution >= 4 is 34.5 Å². The molecule has 1 aromatic carbocycles. The molecule has 2 N–H and O–H groups in total. The van der Waals surface area contributed by atoms with Crippen LogP contribution in [0.1, 0.15) is 50.5 Å². The van der Waals surface area contributed by atoms with Crippen molar-refractivity contribution < 1.29 is 18.5 Å². The molecule has 1 heterocycles. The van der Waals surface area contributed by atoms with Crippen LogP contribution < -0.4 is 14.8 Å². The summed E-state index contributed by atoms with van der Waals surface area (Å²) in [6.07, 6.45) is 6.80. The number of nitrogens with one attached hydrogen (secondary N) is 2. The van der Waals surface area contributed by atoms with Crippen molar-refractivity contribution in [1.82, 2.24) is 14.9 Å². The number of unbranched alkanes of at least 4 members (excludes halogenated alkanes) is 2. The maximum absolute atomic E-state index is 12.6. The number of ether oxygens (including phenoxy) is 1. The number of urea groups is 1. The van der Waals surface area contributed by atoms with Crippen LogP contribution in [-0.2, 0) is 21.3 Å². The lowest BCUT2D eigenvalue weighted by Crippen LogP contribution is -2.32. The van der Waals surface area contributed by atoms with E-state index in [1.165, 1.54) is 17.7 Å². The van der Waals surface area contributed by atoms with Gasteiger partial charge in [0.15, 0.2) is 0 Å². The molecule has 1 aromatic rings. The Balaban J connectivity index is 1.21. The number of imide groups is 1. The molecule has 7 nitrogen and oxygen atoms in total. The Morgan fingerprint density at radius 2 is 2.03 bits per heavy atom. The summed E-state index contributed by atoms with van der Waals surface area (Å²) in [4.78, 5) is 24.2. The number of nitrogens with zero attached hydrogens (tertiary/aromatic N) is 1. The van der Waals surface area contributed by atoms with Crippen molar-refractivity contribution in [1.29, 1.82) is 0 Å². The van der Waals surface area contributed by atoms with Crippen LogP contribution in [0.2, 0.25) is 5.02 Å². The van der Waals surface area contributed by atoms with Crippen LogP contribution in [0.25, 0.3) is 0 Å². The molecule has 0 radical (unpaired) electrons. The summed E-state index contributed by atoms with van der Waals surface area (Å²) in [5.74, 6) is 1.68. The number of hydrogen-bond donors (Lipinski definition) is 2. The molecule has 1 aliphatic heterocycles. The SMILES string of the molecule is O=C1CN(CCCCCS(=O)NC2(c3ccc(Cl)c(OCC4CC4)c3)CC2)C(=O)N1. The van der Waals surface area contributed by atoms with Gasteiger partial charge in [-0.05, 0) is 62.1 Å². The zero-order valence-electron chi connectivity index (χ0n) is 17.0. The lowest BCUT2D eigenvalue weighted by atomic mass is 10.1. The molecule has 2 saturated carbocycles. The average Bonchev–Trinajstić information content (AvgIpc) is 3.62. The van der Waals surface area contributed by atoms with Gasteiger partial charge in [0, 0.05) is 12.3 Å². The quantitative estimate of drug-likeness (QED) is 0.376. The van der Waals surface area contributed by atoms with Gasteiger partial charge in [-0.1, -0.05) is 24.1 Å². The van der Waals surface area contributed by atoms with Gasteiger partial charge in [0.1, 0.15) is 12.3 Å². The molecule has 2 aliphatic carbocycles. The van der Waals surface area contributed by atoms with E-state index in [-0.39, 0.29) is 24.0 Å². The second-order valence-corrected chi connectivity index (χ2v) is 10.2. The fourth-order valence-corrected chi connectivity index (χ4v) is 5.12. The zero-order chi connectivity index (χ0) is 21.1. The fraction of sp³-hybridized carbons (Fsp3) is 0.619.